The van der Waals surface area contributed by atoms with Gasteiger partial charge in [0, 0.05) is 30.5 Å². The summed E-state index contributed by atoms with van der Waals surface area (Å²) in [6.45, 7) is 3.39. The summed E-state index contributed by atoms with van der Waals surface area (Å²) in [4.78, 5) is 14.5. The molecule has 0 spiro atoms. The van der Waals surface area contributed by atoms with E-state index in [0.717, 1.165) is 51.3 Å². The number of benzene rings is 1. The van der Waals surface area contributed by atoms with Gasteiger partial charge in [-0.2, -0.15) is 0 Å². The van der Waals surface area contributed by atoms with Crippen LogP contribution in [0.5, 0.6) is 0 Å². The Morgan fingerprint density at radius 2 is 1.90 bits per heavy atom. The van der Waals surface area contributed by atoms with E-state index in [1.165, 1.54) is 5.69 Å². The predicted octanol–water partition coefficient (Wildman–Crippen LogP) is 1.59. The van der Waals surface area contributed by atoms with Crippen molar-refractivity contribution in [2.24, 2.45) is 11.7 Å². The van der Waals surface area contributed by atoms with Crippen LogP contribution in [-0.4, -0.2) is 38.3 Å². The van der Waals surface area contributed by atoms with E-state index in [2.05, 4.69) is 22.3 Å². The number of carbonyl (C=O) groups is 1. The van der Waals surface area contributed by atoms with Gasteiger partial charge in [-0.3, -0.25) is 4.79 Å². The largest absolute Gasteiger partial charge is 0.378 e. The fraction of sp³-hybridized carbons (Fsp3) is 0.562. The Labute approximate surface area is 125 Å². The number of nitrogens with two attached hydrogens (primary N) is 1. The molecule has 2 aliphatic rings. The molecule has 2 fully saturated rings. The fourth-order valence-corrected chi connectivity index (χ4v) is 3.13. The zero-order chi connectivity index (χ0) is 14.7. The minimum Gasteiger partial charge on any atom is -0.378 e. The second-order valence-corrected chi connectivity index (χ2v) is 5.84. The van der Waals surface area contributed by atoms with Crippen LogP contribution in [0, 0.1) is 5.92 Å². The van der Waals surface area contributed by atoms with Crippen molar-refractivity contribution in [3.63, 3.8) is 0 Å². The summed E-state index contributed by atoms with van der Waals surface area (Å²) in [6.07, 6.45) is 2.90. The third-order valence-electron chi connectivity index (χ3n) is 4.42. The van der Waals surface area contributed by atoms with Gasteiger partial charge in [-0.25, -0.2) is 0 Å². The van der Waals surface area contributed by atoms with Gasteiger partial charge in [-0.15, -0.1) is 0 Å². The molecule has 1 aliphatic carbocycles. The third kappa shape index (κ3) is 3.36. The number of nitrogens with zero attached hydrogens (tertiary/aromatic N) is 1. The molecule has 5 heteroatoms. The summed E-state index contributed by atoms with van der Waals surface area (Å²) in [5.74, 6) is 0.0167. The maximum absolute atomic E-state index is 12.2. The maximum Gasteiger partial charge on any atom is 0.229 e. The number of rotatable bonds is 3. The minimum absolute atomic E-state index is 0.0117. The average Bonchev–Trinajstić information content (AvgIpc) is 2.95. The lowest BCUT2D eigenvalue weighted by atomic mass is 10.0. The summed E-state index contributed by atoms with van der Waals surface area (Å²) in [5, 5.41) is 2.98. The number of hydrogen-bond donors (Lipinski definition) is 2. The Balaban J connectivity index is 1.60. The second kappa shape index (κ2) is 6.45. The molecule has 1 aliphatic heterocycles. The van der Waals surface area contributed by atoms with E-state index in [1.54, 1.807) is 0 Å². The highest BCUT2D eigenvalue weighted by atomic mass is 16.5. The van der Waals surface area contributed by atoms with Crippen LogP contribution in [0.15, 0.2) is 24.3 Å². The SMILES string of the molecule is NC1CCCC1C(=O)Nc1ccc(N2CCOCC2)cc1. The van der Waals surface area contributed by atoms with Crippen LogP contribution >= 0.6 is 0 Å². The average molecular weight is 289 g/mol. The molecular weight excluding hydrogens is 266 g/mol. The quantitative estimate of drug-likeness (QED) is 0.886. The van der Waals surface area contributed by atoms with Gasteiger partial charge in [0.1, 0.15) is 0 Å². The van der Waals surface area contributed by atoms with E-state index in [4.69, 9.17) is 10.5 Å². The number of nitrogens with one attached hydrogen (secondary N) is 1. The number of ether oxygens (including phenoxy) is 1. The zero-order valence-corrected chi connectivity index (χ0v) is 12.3. The molecule has 1 aromatic rings. The molecule has 21 heavy (non-hydrogen) atoms. The molecule has 0 aromatic heterocycles. The second-order valence-electron chi connectivity index (χ2n) is 5.84. The lowest BCUT2D eigenvalue weighted by Crippen LogP contribution is -2.36. The van der Waals surface area contributed by atoms with Gasteiger partial charge in [0.2, 0.25) is 5.91 Å². The standard InChI is InChI=1S/C16H23N3O2/c17-15-3-1-2-14(15)16(20)18-12-4-6-13(7-5-12)19-8-10-21-11-9-19/h4-7,14-15H,1-3,8-11,17H2,(H,18,20). The summed E-state index contributed by atoms with van der Waals surface area (Å²) in [6, 6.07) is 8.04. The van der Waals surface area contributed by atoms with E-state index in [-0.39, 0.29) is 17.9 Å². The van der Waals surface area contributed by atoms with E-state index in [9.17, 15) is 4.79 Å². The van der Waals surface area contributed by atoms with Crippen LogP contribution in [0.25, 0.3) is 0 Å². The number of anilines is 2. The van der Waals surface area contributed by atoms with Crippen molar-refractivity contribution in [2.45, 2.75) is 25.3 Å². The van der Waals surface area contributed by atoms with Crippen molar-refractivity contribution in [3.05, 3.63) is 24.3 Å². The third-order valence-corrected chi connectivity index (χ3v) is 4.42. The molecule has 1 heterocycles. The summed E-state index contributed by atoms with van der Waals surface area (Å²) < 4.78 is 5.35. The van der Waals surface area contributed by atoms with Crippen LogP contribution in [0.3, 0.4) is 0 Å². The summed E-state index contributed by atoms with van der Waals surface area (Å²) >= 11 is 0. The Kier molecular flexibility index (Phi) is 4.41. The first-order valence-corrected chi connectivity index (χ1v) is 7.73. The van der Waals surface area contributed by atoms with Crippen LogP contribution in [-0.2, 0) is 9.53 Å². The zero-order valence-electron chi connectivity index (χ0n) is 12.3. The topological polar surface area (TPSA) is 67.6 Å². The van der Waals surface area contributed by atoms with Crippen molar-refractivity contribution >= 4 is 17.3 Å². The van der Waals surface area contributed by atoms with Crippen LogP contribution in [0.1, 0.15) is 19.3 Å². The van der Waals surface area contributed by atoms with Crippen molar-refractivity contribution in [1.29, 1.82) is 0 Å². The van der Waals surface area contributed by atoms with Gasteiger partial charge < -0.3 is 20.7 Å². The summed E-state index contributed by atoms with van der Waals surface area (Å²) in [5.41, 5.74) is 7.99. The Morgan fingerprint density at radius 3 is 2.52 bits per heavy atom. The maximum atomic E-state index is 12.2. The molecule has 2 unspecified atom stereocenters. The molecule has 114 valence electrons. The van der Waals surface area contributed by atoms with Crippen molar-refractivity contribution in [1.82, 2.24) is 0 Å². The predicted molar refractivity (Wildman–Crippen MR) is 83.4 cm³/mol. The van der Waals surface area contributed by atoms with Crippen molar-refractivity contribution in [2.75, 3.05) is 36.5 Å². The lowest BCUT2D eigenvalue weighted by Gasteiger charge is -2.29. The molecule has 1 saturated carbocycles. The normalized spacial score (nSPS) is 25.9. The molecule has 2 atom stereocenters. The molecule has 5 nitrogen and oxygen atoms in total. The first-order chi connectivity index (χ1) is 10.2. The smallest absolute Gasteiger partial charge is 0.229 e. The van der Waals surface area contributed by atoms with Crippen molar-refractivity contribution < 1.29 is 9.53 Å². The van der Waals surface area contributed by atoms with Gasteiger partial charge in [0.15, 0.2) is 0 Å². The lowest BCUT2D eigenvalue weighted by molar-refractivity contribution is -0.120. The number of amides is 1. The minimum atomic E-state index is -0.0380. The van der Waals surface area contributed by atoms with Gasteiger partial charge >= 0.3 is 0 Å². The molecule has 0 bridgehead atoms. The molecule has 1 saturated heterocycles. The molecule has 1 amide bonds. The van der Waals surface area contributed by atoms with Crippen LogP contribution in [0.2, 0.25) is 0 Å². The Hall–Kier alpha value is -1.59. The number of hydrogen-bond acceptors (Lipinski definition) is 4. The highest BCUT2D eigenvalue weighted by molar-refractivity contribution is 5.93. The monoisotopic (exact) mass is 289 g/mol. The molecule has 3 N–H and O–H groups in total. The summed E-state index contributed by atoms with van der Waals surface area (Å²) in [7, 11) is 0. The van der Waals surface area contributed by atoms with Gasteiger partial charge in [-0.05, 0) is 37.1 Å². The Bertz CT molecular complexity index is 483. The van der Waals surface area contributed by atoms with Gasteiger partial charge in [-0.1, -0.05) is 6.42 Å². The molecule has 1 aromatic carbocycles. The Morgan fingerprint density at radius 1 is 1.19 bits per heavy atom. The molecular formula is C16H23N3O2. The van der Waals surface area contributed by atoms with Crippen LogP contribution < -0.4 is 16.0 Å². The van der Waals surface area contributed by atoms with Gasteiger partial charge in [0.25, 0.3) is 0 Å². The number of carbonyl (C=O) groups excluding carboxylic acids is 1. The highest BCUT2D eigenvalue weighted by Crippen LogP contribution is 2.26. The fourth-order valence-electron chi connectivity index (χ4n) is 3.13. The van der Waals surface area contributed by atoms with Gasteiger partial charge in [0.05, 0.1) is 19.1 Å². The number of morpholine rings is 1. The van der Waals surface area contributed by atoms with E-state index in [1.807, 2.05) is 12.1 Å². The van der Waals surface area contributed by atoms with E-state index < -0.39 is 0 Å². The first kappa shape index (κ1) is 14.4. The van der Waals surface area contributed by atoms with Crippen LogP contribution in [0.4, 0.5) is 11.4 Å². The molecule has 0 radical (unpaired) electrons. The van der Waals surface area contributed by atoms with Crippen molar-refractivity contribution in [3.8, 4) is 0 Å². The van der Waals surface area contributed by atoms with E-state index in [0.29, 0.717) is 0 Å². The molecule has 3 rings (SSSR count). The van der Waals surface area contributed by atoms with E-state index >= 15 is 0 Å². The first-order valence-electron chi connectivity index (χ1n) is 7.73. The highest BCUT2D eigenvalue weighted by Gasteiger charge is 2.30.